The second-order valence-electron chi connectivity index (χ2n) is 8.09. The Labute approximate surface area is 225 Å². The number of hydrogen-bond donors (Lipinski definition) is 2. The average Bonchev–Trinajstić information content (AvgIpc) is 2.94. The minimum Gasteiger partial charge on any atom is -0.493 e. The van der Waals surface area contributed by atoms with Gasteiger partial charge in [-0.3, -0.25) is 4.79 Å². The van der Waals surface area contributed by atoms with Gasteiger partial charge in [-0.15, -0.1) is 0 Å². The smallest absolute Gasteiger partial charge is 0.281 e. The number of methoxy groups -OCH3 is 1. The van der Waals surface area contributed by atoms with Gasteiger partial charge < -0.3 is 14.6 Å². The first kappa shape index (κ1) is 26.2. The summed E-state index contributed by atoms with van der Waals surface area (Å²) in [5.74, 6) is 0.326. The van der Waals surface area contributed by atoms with Gasteiger partial charge >= 0.3 is 0 Å². The van der Waals surface area contributed by atoms with E-state index >= 15 is 0 Å². The topological polar surface area (TPSA) is 80.2 Å². The van der Waals surface area contributed by atoms with Crippen LogP contribution in [0.25, 0.3) is 0 Å². The van der Waals surface area contributed by atoms with Crippen LogP contribution in [0.5, 0.6) is 11.5 Å². The Morgan fingerprint density at radius 2 is 1.54 bits per heavy atom. The number of halogens is 2. The molecule has 0 heterocycles. The van der Waals surface area contributed by atoms with E-state index in [2.05, 4.69) is 10.5 Å². The number of carbonyl (C=O) groups excluding carboxylic acids is 1. The normalized spacial score (nSPS) is 11.4. The fourth-order valence-electron chi connectivity index (χ4n) is 3.71. The maximum atomic E-state index is 13.2. The fourth-order valence-corrected chi connectivity index (χ4v) is 4.03. The summed E-state index contributed by atoms with van der Waals surface area (Å²) in [7, 11) is 1.53. The lowest BCUT2D eigenvalue weighted by Gasteiger charge is -2.27. The quantitative estimate of drug-likeness (QED) is 0.205. The molecule has 0 aromatic heterocycles. The third-order valence-corrected chi connectivity index (χ3v) is 6.40. The van der Waals surface area contributed by atoms with E-state index in [0.717, 1.165) is 5.56 Å². The van der Waals surface area contributed by atoms with Crippen LogP contribution < -0.4 is 14.9 Å². The molecule has 4 aromatic rings. The van der Waals surface area contributed by atoms with Gasteiger partial charge in [0.1, 0.15) is 6.61 Å². The molecule has 0 aliphatic carbocycles. The van der Waals surface area contributed by atoms with Crippen molar-refractivity contribution in [2.75, 3.05) is 7.11 Å². The minimum absolute atomic E-state index is 0.272. The van der Waals surface area contributed by atoms with Crippen molar-refractivity contribution < 1.29 is 19.4 Å². The van der Waals surface area contributed by atoms with E-state index in [1.165, 1.54) is 13.3 Å². The Morgan fingerprint density at radius 3 is 2.14 bits per heavy atom. The average molecular weight is 535 g/mol. The van der Waals surface area contributed by atoms with Gasteiger partial charge in [-0.25, -0.2) is 5.43 Å². The molecule has 8 heteroatoms. The Bertz CT molecular complexity index is 1360. The van der Waals surface area contributed by atoms with Gasteiger partial charge in [0, 0.05) is 0 Å². The molecular formula is C29H24Cl2N2O4. The Hall–Kier alpha value is -3.84. The number of nitrogens with zero attached hydrogens (tertiary/aromatic N) is 1. The van der Waals surface area contributed by atoms with Crippen LogP contribution in [0.4, 0.5) is 0 Å². The SMILES string of the molecule is COc1cc(/C=N\NC(=O)C(O)(c2ccccc2)c2ccccc2)ccc1OCc1ccc(Cl)c(Cl)c1. The van der Waals surface area contributed by atoms with Gasteiger partial charge in [-0.1, -0.05) is 89.9 Å². The van der Waals surface area contributed by atoms with E-state index in [0.29, 0.717) is 38.2 Å². The fraction of sp³-hybridized carbons (Fsp3) is 0.103. The van der Waals surface area contributed by atoms with Crippen LogP contribution in [-0.4, -0.2) is 24.3 Å². The molecule has 0 saturated heterocycles. The van der Waals surface area contributed by atoms with Crippen LogP contribution >= 0.6 is 23.2 Å². The molecule has 1 amide bonds. The molecular weight excluding hydrogens is 511 g/mol. The second kappa shape index (κ2) is 11.9. The lowest BCUT2D eigenvalue weighted by Crippen LogP contribution is -2.43. The highest BCUT2D eigenvalue weighted by molar-refractivity contribution is 6.42. The molecule has 6 nitrogen and oxygen atoms in total. The summed E-state index contributed by atoms with van der Waals surface area (Å²) < 4.78 is 11.3. The van der Waals surface area contributed by atoms with E-state index in [1.54, 1.807) is 78.9 Å². The summed E-state index contributed by atoms with van der Waals surface area (Å²) in [6.45, 7) is 0.272. The number of amides is 1. The van der Waals surface area contributed by atoms with Gasteiger partial charge in [0.05, 0.1) is 23.4 Å². The lowest BCUT2D eigenvalue weighted by molar-refractivity contribution is -0.136. The number of benzene rings is 4. The van der Waals surface area contributed by atoms with E-state index in [9.17, 15) is 9.90 Å². The first-order valence-electron chi connectivity index (χ1n) is 11.3. The van der Waals surface area contributed by atoms with Crippen molar-refractivity contribution in [3.63, 3.8) is 0 Å². The zero-order chi connectivity index (χ0) is 26.3. The highest BCUT2D eigenvalue weighted by atomic mass is 35.5. The molecule has 0 unspecified atom stereocenters. The van der Waals surface area contributed by atoms with Crippen molar-refractivity contribution in [3.8, 4) is 11.5 Å². The van der Waals surface area contributed by atoms with Gasteiger partial charge in [0.15, 0.2) is 17.1 Å². The van der Waals surface area contributed by atoms with Crippen LogP contribution in [0.15, 0.2) is 102 Å². The summed E-state index contributed by atoms with van der Waals surface area (Å²) in [6, 6.07) is 28.0. The molecule has 37 heavy (non-hydrogen) atoms. The highest BCUT2D eigenvalue weighted by Crippen LogP contribution is 2.31. The van der Waals surface area contributed by atoms with Gasteiger partial charge in [-0.05, 0) is 52.6 Å². The summed E-state index contributed by atoms with van der Waals surface area (Å²) in [5, 5.41) is 16.5. The molecule has 0 atom stereocenters. The van der Waals surface area contributed by atoms with Gasteiger partial charge in [-0.2, -0.15) is 5.10 Å². The molecule has 0 spiro atoms. The van der Waals surface area contributed by atoms with Crippen LogP contribution in [0.3, 0.4) is 0 Å². The van der Waals surface area contributed by atoms with Crippen molar-refractivity contribution in [1.82, 2.24) is 5.43 Å². The predicted octanol–water partition coefficient (Wildman–Crippen LogP) is 5.97. The zero-order valence-electron chi connectivity index (χ0n) is 19.9. The van der Waals surface area contributed by atoms with Crippen LogP contribution in [0, 0.1) is 0 Å². The van der Waals surface area contributed by atoms with E-state index < -0.39 is 11.5 Å². The highest BCUT2D eigenvalue weighted by Gasteiger charge is 2.39. The van der Waals surface area contributed by atoms with Crippen molar-refractivity contribution in [1.29, 1.82) is 0 Å². The molecule has 0 aliphatic rings. The number of rotatable bonds is 9. The Balaban J connectivity index is 1.48. The van der Waals surface area contributed by atoms with Gasteiger partial charge in [0.2, 0.25) is 0 Å². The summed E-state index contributed by atoms with van der Waals surface area (Å²) in [6.07, 6.45) is 1.46. The largest absolute Gasteiger partial charge is 0.493 e. The summed E-state index contributed by atoms with van der Waals surface area (Å²) in [5.41, 5.74) is 2.92. The number of aliphatic hydroxyl groups is 1. The summed E-state index contributed by atoms with van der Waals surface area (Å²) in [4.78, 5) is 13.2. The third kappa shape index (κ3) is 6.12. The molecule has 0 bridgehead atoms. The number of hydrogen-bond acceptors (Lipinski definition) is 5. The van der Waals surface area contributed by atoms with Crippen molar-refractivity contribution in [3.05, 3.63) is 129 Å². The van der Waals surface area contributed by atoms with Crippen LogP contribution in [-0.2, 0) is 17.0 Å². The maximum absolute atomic E-state index is 13.2. The zero-order valence-corrected chi connectivity index (χ0v) is 21.4. The molecule has 2 N–H and O–H groups in total. The molecule has 0 fully saturated rings. The monoisotopic (exact) mass is 534 g/mol. The molecule has 4 aromatic carbocycles. The molecule has 188 valence electrons. The third-order valence-electron chi connectivity index (χ3n) is 5.66. The minimum atomic E-state index is -1.92. The standard InChI is InChI=1S/C29H24Cl2N2O4/c1-36-27-17-20(13-15-26(27)37-19-21-12-14-24(30)25(31)16-21)18-32-33-28(34)29(35,22-8-4-2-5-9-22)23-10-6-3-7-11-23/h2-18,35H,19H2,1H3,(H,33,34)/b32-18-. The first-order chi connectivity index (χ1) is 17.9. The Kier molecular flexibility index (Phi) is 8.46. The predicted molar refractivity (Wildman–Crippen MR) is 145 cm³/mol. The van der Waals surface area contributed by atoms with E-state index in [-0.39, 0.29) is 6.61 Å². The van der Waals surface area contributed by atoms with E-state index in [4.69, 9.17) is 32.7 Å². The molecule has 4 rings (SSSR count). The number of hydrazone groups is 1. The van der Waals surface area contributed by atoms with Crippen LogP contribution in [0.1, 0.15) is 22.3 Å². The second-order valence-corrected chi connectivity index (χ2v) is 8.90. The van der Waals surface area contributed by atoms with Crippen molar-refractivity contribution >= 4 is 35.3 Å². The number of carbonyl (C=O) groups is 1. The van der Waals surface area contributed by atoms with E-state index in [1.807, 2.05) is 18.2 Å². The Morgan fingerprint density at radius 1 is 0.892 bits per heavy atom. The molecule has 0 radical (unpaired) electrons. The molecule has 0 aliphatic heterocycles. The molecule has 0 saturated carbocycles. The van der Waals surface area contributed by atoms with Crippen LogP contribution in [0.2, 0.25) is 10.0 Å². The van der Waals surface area contributed by atoms with Gasteiger partial charge in [0.25, 0.3) is 5.91 Å². The first-order valence-corrected chi connectivity index (χ1v) is 12.1. The maximum Gasteiger partial charge on any atom is 0.281 e. The number of nitrogens with one attached hydrogen (secondary N) is 1. The van der Waals surface area contributed by atoms with Crippen molar-refractivity contribution in [2.24, 2.45) is 5.10 Å². The van der Waals surface area contributed by atoms with Crippen molar-refractivity contribution in [2.45, 2.75) is 12.2 Å². The number of ether oxygens (including phenoxy) is 2. The lowest BCUT2D eigenvalue weighted by atomic mass is 9.85. The summed E-state index contributed by atoms with van der Waals surface area (Å²) >= 11 is 12.0.